The van der Waals surface area contributed by atoms with Gasteiger partial charge in [0.15, 0.2) is 0 Å². The van der Waals surface area contributed by atoms with Crippen LogP contribution in [0.15, 0.2) is 30.3 Å². The molecule has 3 N–H and O–H groups in total. The Morgan fingerprint density at radius 1 is 1.35 bits per heavy atom. The van der Waals surface area contributed by atoms with Gasteiger partial charge in [0, 0.05) is 31.7 Å². The van der Waals surface area contributed by atoms with Gasteiger partial charge in [0.05, 0.1) is 0 Å². The van der Waals surface area contributed by atoms with Crippen molar-refractivity contribution < 1.29 is 0 Å². The Labute approximate surface area is 104 Å². The molecule has 1 aromatic carbocycles. The summed E-state index contributed by atoms with van der Waals surface area (Å²) in [5.74, 6) is 0. The van der Waals surface area contributed by atoms with Crippen molar-refractivity contribution in [3.05, 3.63) is 35.9 Å². The highest BCUT2D eigenvalue weighted by molar-refractivity contribution is 5.15. The van der Waals surface area contributed by atoms with Gasteiger partial charge in [-0.1, -0.05) is 37.3 Å². The molecule has 0 bridgehead atoms. The first-order valence-corrected chi connectivity index (χ1v) is 6.49. The molecule has 1 saturated heterocycles. The summed E-state index contributed by atoms with van der Waals surface area (Å²) in [6.45, 7) is 7.11. The van der Waals surface area contributed by atoms with E-state index >= 15 is 0 Å². The van der Waals surface area contributed by atoms with Crippen LogP contribution in [0.5, 0.6) is 0 Å². The Bertz CT molecular complexity index is 339. The molecule has 3 heteroatoms. The fourth-order valence-corrected chi connectivity index (χ4v) is 2.69. The van der Waals surface area contributed by atoms with E-state index in [2.05, 4.69) is 47.5 Å². The summed E-state index contributed by atoms with van der Waals surface area (Å²) in [7, 11) is 0. The van der Waals surface area contributed by atoms with Crippen LogP contribution in [0.1, 0.15) is 18.9 Å². The van der Waals surface area contributed by atoms with Gasteiger partial charge in [-0.15, -0.1) is 0 Å². The molecular formula is C14H23N3. The summed E-state index contributed by atoms with van der Waals surface area (Å²) in [5, 5.41) is 3.56. The lowest BCUT2D eigenvalue weighted by Crippen LogP contribution is -2.53. The van der Waals surface area contributed by atoms with E-state index < -0.39 is 0 Å². The number of nitrogens with one attached hydrogen (secondary N) is 1. The van der Waals surface area contributed by atoms with Gasteiger partial charge in [-0.2, -0.15) is 0 Å². The van der Waals surface area contributed by atoms with Crippen molar-refractivity contribution in [3.63, 3.8) is 0 Å². The first kappa shape index (κ1) is 12.6. The molecule has 17 heavy (non-hydrogen) atoms. The van der Waals surface area contributed by atoms with Crippen LogP contribution in [0.4, 0.5) is 0 Å². The van der Waals surface area contributed by atoms with E-state index in [1.165, 1.54) is 5.56 Å². The monoisotopic (exact) mass is 233 g/mol. The highest BCUT2D eigenvalue weighted by Gasteiger charge is 2.35. The number of benzene rings is 1. The topological polar surface area (TPSA) is 41.3 Å². The summed E-state index contributed by atoms with van der Waals surface area (Å²) in [4.78, 5) is 2.49. The van der Waals surface area contributed by atoms with Gasteiger partial charge in [0.2, 0.25) is 0 Å². The number of hydrogen-bond donors (Lipinski definition) is 2. The second-order valence-corrected chi connectivity index (χ2v) is 4.96. The number of hydrogen-bond acceptors (Lipinski definition) is 3. The van der Waals surface area contributed by atoms with Gasteiger partial charge in [-0.05, 0) is 18.5 Å². The summed E-state index contributed by atoms with van der Waals surface area (Å²) < 4.78 is 0. The molecule has 0 aliphatic carbocycles. The van der Waals surface area contributed by atoms with E-state index in [1.54, 1.807) is 0 Å². The first-order chi connectivity index (χ1) is 8.28. The lowest BCUT2D eigenvalue weighted by Gasteiger charge is -2.29. The zero-order valence-electron chi connectivity index (χ0n) is 10.7. The molecule has 0 saturated carbocycles. The highest BCUT2D eigenvalue weighted by Crippen LogP contribution is 2.21. The molecule has 1 aromatic rings. The molecular weight excluding hydrogens is 210 g/mol. The number of nitrogens with zero attached hydrogens (tertiary/aromatic N) is 1. The summed E-state index contributed by atoms with van der Waals surface area (Å²) in [6.07, 6.45) is 1.16. The number of likely N-dealkylation sites (N-methyl/N-ethyl adjacent to an activating group) is 1. The Morgan fingerprint density at radius 2 is 2.12 bits per heavy atom. The molecule has 0 aromatic heterocycles. The van der Waals surface area contributed by atoms with Crippen LogP contribution in [0.3, 0.4) is 0 Å². The average molecular weight is 233 g/mol. The summed E-state index contributed by atoms with van der Waals surface area (Å²) in [5.41, 5.74) is 7.45. The van der Waals surface area contributed by atoms with Gasteiger partial charge in [0.25, 0.3) is 0 Å². The smallest absolute Gasteiger partial charge is 0.0444 e. The van der Waals surface area contributed by atoms with Gasteiger partial charge in [0.1, 0.15) is 0 Å². The summed E-state index contributed by atoms with van der Waals surface area (Å²) >= 11 is 0. The average Bonchev–Trinajstić information content (AvgIpc) is 2.75. The van der Waals surface area contributed by atoms with Crippen LogP contribution in [0.2, 0.25) is 0 Å². The van der Waals surface area contributed by atoms with Crippen LogP contribution >= 0.6 is 0 Å². The molecule has 1 unspecified atom stereocenters. The summed E-state index contributed by atoms with van der Waals surface area (Å²) in [6, 6.07) is 10.7. The quantitative estimate of drug-likeness (QED) is 0.803. The Morgan fingerprint density at radius 3 is 2.76 bits per heavy atom. The van der Waals surface area contributed by atoms with Crippen molar-refractivity contribution >= 4 is 0 Å². The third-order valence-electron chi connectivity index (χ3n) is 3.62. The molecule has 1 aliphatic heterocycles. The molecule has 0 amide bonds. The zero-order valence-corrected chi connectivity index (χ0v) is 10.7. The molecule has 0 radical (unpaired) electrons. The van der Waals surface area contributed by atoms with Crippen molar-refractivity contribution in [1.29, 1.82) is 0 Å². The van der Waals surface area contributed by atoms with E-state index in [9.17, 15) is 0 Å². The maximum absolute atomic E-state index is 5.92. The van der Waals surface area contributed by atoms with Crippen LogP contribution < -0.4 is 11.1 Å². The van der Waals surface area contributed by atoms with Crippen LogP contribution in [0.25, 0.3) is 0 Å². The van der Waals surface area contributed by atoms with Crippen LogP contribution in [0, 0.1) is 0 Å². The third kappa shape index (κ3) is 3.06. The first-order valence-electron chi connectivity index (χ1n) is 6.49. The van der Waals surface area contributed by atoms with Crippen molar-refractivity contribution in [2.75, 3.05) is 26.2 Å². The second-order valence-electron chi connectivity index (χ2n) is 4.96. The van der Waals surface area contributed by atoms with E-state index in [4.69, 9.17) is 5.73 Å². The third-order valence-corrected chi connectivity index (χ3v) is 3.62. The van der Waals surface area contributed by atoms with Crippen LogP contribution in [-0.4, -0.2) is 36.6 Å². The molecule has 1 heterocycles. The molecule has 1 atom stereocenters. The minimum absolute atomic E-state index is 0.142. The SMILES string of the molecule is CCNC1(CN)CCN(Cc2ccccc2)C1. The molecule has 1 fully saturated rings. The van der Waals surface area contributed by atoms with E-state index in [0.717, 1.165) is 39.1 Å². The largest absolute Gasteiger partial charge is 0.329 e. The van der Waals surface area contributed by atoms with Crippen molar-refractivity contribution in [3.8, 4) is 0 Å². The molecule has 2 rings (SSSR count). The number of likely N-dealkylation sites (tertiary alicyclic amines) is 1. The van der Waals surface area contributed by atoms with Crippen LogP contribution in [-0.2, 0) is 6.54 Å². The second kappa shape index (κ2) is 5.63. The van der Waals surface area contributed by atoms with Gasteiger partial charge in [-0.25, -0.2) is 0 Å². The van der Waals surface area contributed by atoms with E-state index in [-0.39, 0.29) is 5.54 Å². The number of rotatable bonds is 5. The lowest BCUT2D eigenvalue weighted by molar-refractivity contribution is 0.280. The maximum Gasteiger partial charge on any atom is 0.0444 e. The van der Waals surface area contributed by atoms with Gasteiger partial charge < -0.3 is 11.1 Å². The Kier molecular flexibility index (Phi) is 4.15. The number of nitrogens with two attached hydrogens (primary N) is 1. The fourth-order valence-electron chi connectivity index (χ4n) is 2.69. The Balaban J connectivity index is 1.93. The van der Waals surface area contributed by atoms with Crippen molar-refractivity contribution in [2.45, 2.75) is 25.4 Å². The zero-order chi connectivity index (χ0) is 12.1. The van der Waals surface area contributed by atoms with Gasteiger partial charge >= 0.3 is 0 Å². The highest BCUT2D eigenvalue weighted by atomic mass is 15.2. The maximum atomic E-state index is 5.92. The standard InChI is InChI=1S/C14H23N3/c1-2-16-14(11-15)8-9-17(12-14)10-13-6-4-3-5-7-13/h3-7,16H,2,8-12,15H2,1H3. The predicted molar refractivity (Wildman–Crippen MR) is 71.8 cm³/mol. The van der Waals surface area contributed by atoms with E-state index in [1.807, 2.05) is 0 Å². The molecule has 3 nitrogen and oxygen atoms in total. The van der Waals surface area contributed by atoms with Crippen molar-refractivity contribution in [2.24, 2.45) is 5.73 Å². The molecule has 94 valence electrons. The fraction of sp³-hybridized carbons (Fsp3) is 0.571. The van der Waals surface area contributed by atoms with E-state index in [0.29, 0.717) is 0 Å². The minimum atomic E-state index is 0.142. The normalized spacial score (nSPS) is 25.3. The molecule has 1 aliphatic rings. The van der Waals surface area contributed by atoms with Gasteiger partial charge in [-0.3, -0.25) is 4.90 Å². The predicted octanol–water partition coefficient (Wildman–Crippen LogP) is 1.20. The van der Waals surface area contributed by atoms with Crippen molar-refractivity contribution in [1.82, 2.24) is 10.2 Å². The minimum Gasteiger partial charge on any atom is -0.329 e. The Hall–Kier alpha value is -0.900. The molecule has 0 spiro atoms. The lowest BCUT2D eigenvalue weighted by atomic mass is 9.99.